The first-order valence-electron chi connectivity index (χ1n) is 7.90. The van der Waals surface area contributed by atoms with Crippen LogP contribution >= 0.6 is 0 Å². The normalized spacial score (nSPS) is 15.2. The Morgan fingerprint density at radius 3 is 2.10 bits per heavy atom. The monoisotopic (exact) mass is 298 g/mol. The van der Waals surface area contributed by atoms with Gasteiger partial charge in [-0.25, -0.2) is 4.39 Å². The summed E-state index contributed by atoms with van der Waals surface area (Å²) in [6.45, 7) is 5.86. The fourth-order valence-electron chi connectivity index (χ4n) is 2.35. The first-order valence-corrected chi connectivity index (χ1v) is 7.90. The SMILES string of the molecule is CC.CO.NC(CF)Cc1ccc(N2CCCCC2)cc1. The van der Waals surface area contributed by atoms with Gasteiger partial charge in [0, 0.05) is 31.9 Å². The van der Waals surface area contributed by atoms with Crippen molar-refractivity contribution in [2.45, 2.75) is 45.6 Å². The summed E-state index contributed by atoms with van der Waals surface area (Å²) in [7, 11) is 1.00. The number of hydrogen-bond acceptors (Lipinski definition) is 3. The van der Waals surface area contributed by atoms with Crippen molar-refractivity contribution in [3.8, 4) is 0 Å². The van der Waals surface area contributed by atoms with Gasteiger partial charge in [-0.1, -0.05) is 26.0 Å². The molecule has 3 N–H and O–H groups in total. The summed E-state index contributed by atoms with van der Waals surface area (Å²) in [6.07, 6.45) is 4.54. The summed E-state index contributed by atoms with van der Waals surface area (Å²) in [6, 6.07) is 8.03. The lowest BCUT2D eigenvalue weighted by molar-refractivity contribution is 0.399. The van der Waals surface area contributed by atoms with Crippen LogP contribution in [0.1, 0.15) is 38.7 Å². The highest BCUT2D eigenvalue weighted by atomic mass is 19.1. The highest BCUT2D eigenvalue weighted by molar-refractivity contribution is 5.48. The van der Waals surface area contributed by atoms with E-state index in [1.165, 1.54) is 24.9 Å². The summed E-state index contributed by atoms with van der Waals surface area (Å²) >= 11 is 0. The summed E-state index contributed by atoms with van der Waals surface area (Å²) in [5.41, 5.74) is 8.00. The quantitative estimate of drug-likeness (QED) is 0.898. The van der Waals surface area contributed by atoms with Gasteiger partial charge in [0.05, 0.1) is 0 Å². The van der Waals surface area contributed by atoms with Gasteiger partial charge in [-0.2, -0.15) is 0 Å². The molecule has 21 heavy (non-hydrogen) atoms. The maximum absolute atomic E-state index is 12.3. The minimum atomic E-state index is -0.451. The Morgan fingerprint density at radius 2 is 1.62 bits per heavy atom. The third-order valence-electron chi connectivity index (χ3n) is 3.35. The van der Waals surface area contributed by atoms with Crippen molar-refractivity contribution < 1.29 is 9.50 Å². The van der Waals surface area contributed by atoms with Crippen LogP contribution in [-0.4, -0.2) is 38.0 Å². The molecule has 0 spiro atoms. The van der Waals surface area contributed by atoms with Gasteiger partial charge in [0.15, 0.2) is 0 Å². The topological polar surface area (TPSA) is 49.5 Å². The molecule has 1 aromatic rings. The molecule has 1 heterocycles. The number of rotatable bonds is 4. The van der Waals surface area contributed by atoms with Crippen LogP contribution in [0.5, 0.6) is 0 Å². The number of benzene rings is 1. The van der Waals surface area contributed by atoms with Crippen LogP contribution in [0.3, 0.4) is 0 Å². The second kappa shape index (κ2) is 12.6. The summed E-state index contributed by atoms with van der Waals surface area (Å²) < 4.78 is 12.3. The Morgan fingerprint density at radius 1 is 1.10 bits per heavy atom. The molecule has 1 unspecified atom stereocenters. The van der Waals surface area contributed by atoms with Crippen LogP contribution in [0, 0.1) is 0 Å². The van der Waals surface area contributed by atoms with Crippen LogP contribution in [0.2, 0.25) is 0 Å². The molecule has 0 amide bonds. The van der Waals surface area contributed by atoms with E-state index >= 15 is 0 Å². The van der Waals surface area contributed by atoms with E-state index in [-0.39, 0.29) is 6.04 Å². The second-order valence-corrected chi connectivity index (χ2v) is 4.83. The van der Waals surface area contributed by atoms with Crippen molar-refractivity contribution in [3.63, 3.8) is 0 Å². The molecule has 1 saturated heterocycles. The van der Waals surface area contributed by atoms with Crippen molar-refractivity contribution in [3.05, 3.63) is 29.8 Å². The third-order valence-corrected chi connectivity index (χ3v) is 3.35. The van der Waals surface area contributed by atoms with Gasteiger partial charge >= 0.3 is 0 Å². The van der Waals surface area contributed by atoms with E-state index in [0.717, 1.165) is 25.8 Å². The van der Waals surface area contributed by atoms with E-state index in [4.69, 9.17) is 10.8 Å². The van der Waals surface area contributed by atoms with E-state index in [1.54, 1.807) is 0 Å². The molecule has 1 fully saturated rings. The maximum Gasteiger partial charge on any atom is 0.105 e. The number of aliphatic hydroxyl groups is 1. The average Bonchev–Trinajstić information content (AvgIpc) is 2.60. The van der Waals surface area contributed by atoms with E-state index in [2.05, 4.69) is 29.2 Å². The lowest BCUT2D eigenvalue weighted by atomic mass is 10.1. The fraction of sp³-hybridized carbons (Fsp3) is 0.647. The third kappa shape index (κ3) is 7.44. The molecule has 4 heteroatoms. The van der Waals surface area contributed by atoms with E-state index < -0.39 is 6.67 Å². The molecule has 1 aromatic carbocycles. The molecular weight excluding hydrogens is 267 g/mol. The molecule has 1 aliphatic rings. The van der Waals surface area contributed by atoms with E-state index in [0.29, 0.717) is 6.42 Å². The number of alkyl halides is 1. The van der Waals surface area contributed by atoms with Crippen LogP contribution in [-0.2, 0) is 6.42 Å². The first kappa shape index (κ1) is 19.9. The van der Waals surface area contributed by atoms with Gasteiger partial charge in [0.2, 0.25) is 0 Å². The molecule has 0 radical (unpaired) electrons. The Hall–Kier alpha value is -1.13. The number of piperidine rings is 1. The lowest BCUT2D eigenvalue weighted by Crippen LogP contribution is -2.29. The van der Waals surface area contributed by atoms with Crippen LogP contribution in [0.4, 0.5) is 10.1 Å². The Kier molecular flexibility index (Phi) is 11.9. The maximum atomic E-state index is 12.3. The number of halogens is 1. The number of anilines is 1. The van der Waals surface area contributed by atoms with Crippen molar-refractivity contribution >= 4 is 5.69 Å². The number of aliphatic hydroxyl groups excluding tert-OH is 1. The standard InChI is InChI=1S/C14H21FN2.C2H6.CH4O/c15-11-13(16)10-12-4-6-14(7-5-12)17-8-2-1-3-9-17;2*1-2/h4-7,13H,1-3,8-11,16H2;1-2H3;2H,1H3. The number of nitrogens with zero attached hydrogens (tertiary/aromatic N) is 1. The minimum absolute atomic E-state index is 0.365. The molecular formula is C17H31FN2O. The van der Waals surface area contributed by atoms with Gasteiger partial charge < -0.3 is 15.7 Å². The first-order chi connectivity index (χ1) is 10.3. The van der Waals surface area contributed by atoms with Gasteiger partial charge in [-0.3, -0.25) is 0 Å². The molecule has 122 valence electrons. The van der Waals surface area contributed by atoms with Gasteiger partial charge in [0.1, 0.15) is 6.67 Å². The zero-order valence-electron chi connectivity index (χ0n) is 13.7. The molecule has 1 aliphatic heterocycles. The van der Waals surface area contributed by atoms with Crippen molar-refractivity contribution in [2.75, 3.05) is 31.8 Å². The smallest absolute Gasteiger partial charge is 0.105 e. The van der Waals surface area contributed by atoms with Gasteiger partial charge in [0.25, 0.3) is 0 Å². The lowest BCUT2D eigenvalue weighted by Gasteiger charge is -2.28. The van der Waals surface area contributed by atoms with Gasteiger partial charge in [-0.15, -0.1) is 0 Å². The molecule has 0 bridgehead atoms. The zero-order chi connectivity index (χ0) is 16.1. The molecule has 3 nitrogen and oxygen atoms in total. The second-order valence-electron chi connectivity index (χ2n) is 4.83. The van der Waals surface area contributed by atoms with Crippen LogP contribution in [0.15, 0.2) is 24.3 Å². The highest BCUT2D eigenvalue weighted by Gasteiger charge is 2.10. The average molecular weight is 298 g/mol. The Labute approximate surface area is 129 Å². The van der Waals surface area contributed by atoms with E-state index in [1.807, 2.05) is 13.8 Å². The fourth-order valence-corrected chi connectivity index (χ4v) is 2.35. The van der Waals surface area contributed by atoms with Crippen LogP contribution < -0.4 is 10.6 Å². The predicted octanol–water partition coefficient (Wildman–Crippen LogP) is 3.15. The summed E-state index contributed by atoms with van der Waals surface area (Å²) in [4.78, 5) is 2.42. The Bertz CT molecular complexity index is 337. The molecule has 2 rings (SSSR count). The molecule has 0 aromatic heterocycles. The molecule has 1 atom stereocenters. The number of hydrogen-bond donors (Lipinski definition) is 2. The number of nitrogens with two attached hydrogens (primary N) is 1. The molecule has 0 aliphatic carbocycles. The largest absolute Gasteiger partial charge is 0.400 e. The van der Waals surface area contributed by atoms with Crippen molar-refractivity contribution in [1.82, 2.24) is 0 Å². The van der Waals surface area contributed by atoms with Crippen molar-refractivity contribution in [2.24, 2.45) is 5.73 Å². The highest BCUT2D eigenvalue weighted by Crippen LogP contribution is 2.20. The zero-order valence-corrected chi connectivity index (χ0v) is 13.7. The van der Waals surface area contributed by atoms with E-state index in [9.17, 15) is 4.39 Å². The van der Waals surface area contributed by atoms with Gasteiger partial charge in [-0.05, 0) is 43.4 Å². The predicted molar refractivity (Wildman–Crippen MR) is 89.7 cm³/mol. The Balaban J connectivity index is 0.000000921. The summed E-state index contributed by atoms with van der Waals surface area (Å²) in [5.74, 6) is 0. The summed E-state index contributed by atoms with van der Waals surface area (Å²) in [5, 5.41) is 7.00. The molecule has 0 saturated carbocycles. The van der Waals surface area contributed by atoms with Crippen LogP contribution in [0.25, 0.3) is 0 Å². The van der Waals surface area contributed by atoms with Crippen molar-refractivity contribution in [1.29, 1.82) is 0 Å². The minimum Gasteiger partial charge on any atom is -0.400 e.